The summed E-state index contributed by atoms with van der Waals surface area (Å²) in [7, 11) is 0. The number of thioether (sulfide) groups is 1. The van der Waals surface area contributed by atoms with E-state index in [1.165, 1.54) is 17.3 Å². The molecule has 3 aromatic rings. The number of carbonyl (C=O) groups is 1. The highest BCUT2D eigenvalue weighted by Crippen LogP contribution is 2.26. The number of aromatic amines is 1. The normalized spacial score (nSPS) is 12.3. The van der Waals surface area contributed by atoms with E-state index in [2.05, 4.69) is 34.3 Å². The Kier molecular flexibility index (Phi) is 4.62. The molecular weight excluding hydrogens is 318 g/mol. The lowest BCUT2D eigenvalue weighted by Gasteiger charge is -2.15. The van der Waals surface area contributed by atoms with Crippen molar-refractivity contribution in [2.24, 2.45) is 0 Å². The number of carbonyl (C=O) groups excluding carboxylic acids is 1. The largest absolute Gasteiger partial charge is 0.333 e. The van der Waals surface area contributed by atoms with Crippen LogP contribution in [-0.4, -0.2) is 21.1 Å². The molecule has 1 amide bonds. The number of imidazole rings is 1. The van der Waals surface area contributed by atoms with Crippen LogP contribution in [0.3, 0.4) is 0 Å². The Hall–Kier alpha value is -2.27. The molecule has 0 radical (unpaired) electrons. The molecule has 1 atom stereocenters. The number of aromatic nitrogens is 2. The zero-order chi connectivity index (χ0) is 17.3. The van der Waals surface area contributed by atoms with Gasteiger partial charge >= 0.3 is 0 Å². The first-order valence-electron chi connectivity index (χ1n) is 7.94. The average Bonchev–Trinajstić information content (AvgIpc) is 2.92. The lowest BCUT2D eigenvalue weighted by Crippen LogP contribution is -2.23. The smallest absolute Gasteiger partial charge is 0.237 e. The fourth-order valence-electron chi connectivity index (χ4n) is 2.81. The minimum Gasteiger partial charge on any atom is -0.333 e. The van der Waals surface area contributed by atoms with Gasteiger partial charge in [-0.3, -0.25) is 4.79 Å². The van der Waals surface area contributed by atoms with Gasteiger partial charge in [-0.1, -0.05) is 41.6 Å². The Balaban J connectivity index is 1.73. The Morgan fingerprint density at radius 2 is 1.83 bits per heavy atom. The second kappa shape index (κ2) is 6.69. The van der Waals surface area contributed by atoms with Gasteiger partial charge in [0, 0.05) is 5.69 Å². The van der Waals surface area contributed by atoms with Crippen molar-refractivity contribution in [2.45, 2.75) is 38.1 Å². The third kappa shape index (κ3) is 3.46. The van der Waals surface area contributed by atoms with Crippen molar-refractivity contribution in [3.8, 4) is 0 Å². The standard InChI is InChI=1S/C19H21N3OS/c1-11-9-12(2)17(13(3)10-11)22-18(23)14(4)24-19-20-15-7-5-6-8-16(15)21-19/h5-10,14H,1-4H3,(H,20,21)(H,22,23). The number of fused-ring (bicyclic) bond motifs is 1. The first-order chi connectivity index (χ1) is 11.4. The molecule has 3 rings (SSSR count). The second-order valence-electron chi connectivity index (χ2n) is 6.08. The van der Waals surface area contributed by atoms with Crippen LogP contribution in [0.15, 0.2) is 41.6 Å². The topological polar surface area (TPSA) is 57.8 Å². The van der Waals surface area contributed by atoms with E-state index < -0.39 is 0 Å². The average molecular weight is 339 g/mol. The molecule has 124 valence electrons. The molecule has 0 aliphatic carbocycles. The molecule has 1 unspecified atom stereocenters. The first kappa shape index (κ1) is 16.6. The number of para-hydroxylation sites is 2. The van der Waals surface area contributed by atoms with Crippen LogP contribution in [0.4, 0.5) is 5.69 Å². The summed E-state index contributed by atoms with van der Waals surface area (Å²) in [5.41, 5.74) is 6.18. The summed E-state index contributed by atoms with van der Waals surface area (Å²) in [5, 5.41) is 3.57. The minimum atomic E-state index is -0.245. The van der Waals surface area contributed by atoms with Gasteiger partial charge in [0.1, 0.15) is 0 Å². The summed E-state index contributed by atoms with van der Waals surface area (Å²) >= 11 is 1.43. The third-order valence-corrected chi connectivity index (χ3v) is 4.93. The first-order valence-corrected chi connectivity index (χ1v) is 8.82. The molecule has 24 heavy (non-hydrogen) atoms. The van der Waals surface area contributed by atoms with Crippen LogP contribution in [0.5, 0.6) is 0 Å². The highest BCUT2D eigenvalue weighted by Gasteiger charge is 2.18. The van der Waals surface area contributed by atoms with Crippen molar-refractivity contribution in [3.05, 3.63) is 53.1 Å². The zero-order valence-corrected chi connectivity index (χ0v) is 15.1. The molecule has 0 saturated carbocycles. The van der Waals surface area contributed by atoms with E-state index in [0.29, 0.717) is 0 Å². The second-order valence-corrected chi connectivity index (χ2v) is 7.41. The molecule has 2 aromatic carbocycles. The number of hydrogen-bond acceptors (Lipinski definition) is 3. The third-order valence-electron chi connectivity index (χ3n) is 3.95. The molecular formula is C19H21N3OS. The molecule has 0 aliphatic heterocycles. The SMILES string of the molecule is Cc1cc(C)c(NC(=O)C(C)Sc2nc3ccccc3[nH]2)c(C)c1. The van der Waals surface area contributed by atoms with Crippen molar-refractivity contribution < 1.29 is 4.79 Å². The van der Waals surface area contributed by atoms with E-state index in [-0.39, 0.29) is 11.2 Å². The number of nitrogens with zero attached hydrogens (tertiary/aromatic N) is 1. The van der Waals surface area contributed by atoms with Crippen LogP contribution in [0.1, 0.15) is 23.6 Å². The number of H-pyrrole nitrogens is 1. The molecule has 1 heterocycles. The summed E-state index contributed by atoms with van der Waals surface area (Å²) in [6, 6.07) is 12.0. The lowest BCUT2D eigenvalue weighted by atomic mass is 10.1. The lowest BCUT2D eigenvalue weighted by molar-refractivity contribution is -0.115. The van der Waals surface area contributed by atoms with Gasteiger partial charge < -0.3 is 10.3 Å². The molecule has 0 aliphatic rings. The van der Waals surface area contributed by atoms with Crippen molar-refractivity contribution in [2.75, 3.05) is 5.32 Å². The van der Waals surface area contributed by atoms with Crippen LogP contribution >= 0.6 is 11.8 Å². The number of aryl methyl sites for hydroxylation is 3. The maximum atomic E-state index is 12.5. The fraction of sp³-hybridized carbons (Fsp3) is 0.263. The number of anilines is 1. The van der Waals surface area contributed by atoms with Crippen LogP contribution in [-0.2, 0) is 4.79 Å². The predicted molar refractivity (Wildman–Crippen MR) is 101 cm³/mol. The quantitative estimate of drug-likeness (QED) is 0.683. The van der Waals surface area contributed by atoms with E-state index >= 15 is 0 Å². The van der Waals surface area contributed by atoms with Crippen molar-refractivity contribution >= 4 is 34.4 Å². The van der Waals surface area contributed by atoms with Gasteiger partial charge in [-0.15, -0.1) is 0 Å². The summed E-state index contributed by atoms with van der Waals surface area (Å²) in [6.07, 6.45) is 0. The molecule has 0 bridgehead atoms. The number of hydrogen-bond donors (Lipinski definition) is 2. The number of amides is 1. The Morgan fingerprint density at radius 1 is 1.17 bits per heavy atom. The number of nitrogens with one attached hydrogen (secondary N) is 2. The van der Waals surface area contributed by atoms with Gasteiger partial charge in [0.05, 0.1) is 16.3 Å². The predicted octanol–water partition coefficient (Wildman–Crippen LogP) is 4.61. The van der Waals surface area contributed by atoms with Crippen molar-refractivity contribution in [3.63, 3.8) is 0 Å². The molecule has 0 saturated heterocycles. The Morgan fingerprint density at radius 3 is 2.50 bits per heavy atom. The number of rotatable bonds is 4. The van der Waals surface area contributed by atoms with Gasteiger partial charge in [0.2, 0.25) is 5.91 Å². The van der Waals surface area contributed by atoms with Crippen molar-refractivity contribution in [1.82, 2.24) is 9.97 Å². The molecule has 0 fully saturated rings. The minimum absolute atomic E-state index is 0.0180. The van der Waals surface area contributed by atoms with Gasteiger partial charge in [-0.2, -0.15) is 0 Å². The van der Waals surface area contributed by atoms with Gasteiger partial charge in [0.25, 0.3) is 0 Å². The van der Waals surface area contributed by atoms with Crippen LogP contribution in [0, 0.1) is 20.8 Å². The van der Waals surface area contributed by atoms with Crippen molar-refractivity contribution in [1.29, 1.82) is 0 Å². The van der Waals surface area contributed by atoms with E-state index in [0.717, 1.165) is 33.0 Å². The molecule has 1 aromatic heterocycles. The summed E-state index contributed by atoms with van der Waals surface area (Å²) in [6.45, 7) is 8.00. The van der Waals surface area contributed by atoms with E-state index in [4.69, 9.17) is 0 Å². The van der Waals surface area contributed by atoms with Gasteiger partial charge in [-0.05, 0) is 51.0 Å². The maximum Gasteiger partial charge on any atom is 0.237 e. The number of benzene rings is 2. The Labute approximate surface area is 146 Å². The zero-order valence-electron chi connectivity index (χ0n) is 14.3. The summed E-state index contributed by atoms with van der Waals surface area (Å²) < 4.78 is 0. The highest BCUT2D eigenvalue weighted by atomic mass is 32.2. The van der Waals surface area contributed by atoms with Crippen LogP contribution in [0.25, 0.3) is 11.0 Å². The van der Waals surface area contributed by atoms with Crippen LogP contribution in [0.2, 0.25) is 0 Å². The molecule has 4 nitrogen and oxygen atoms in total. The molecule has 5 heteroatoms. The van der Waals surface area contributed by atoms with E-state index in [1.54, 1.807) is 0 Å². The Bertz CT molecular complexity index is 845. The van der Waals surface area contributed by atoms with Gasteiger partial charge in [-0.25, -0.2) is 4.98 Å². The monoisotopic (exact) mass is 339 g/mol. The molecule has 0 spiro atoms. The molecule has 2 N–H and O–H groups in total. The van der Waals surface area contributed by atoms with Crippen LogP contribution < -0.4 is 5.32 Å². The fourth-order valence-corrected chi connectivity index (χ4v) is 3.63. The highest BCUT2D eigenvalue weighted by molar-refractivity contribution is 8.00. The maximum absolute atomic E-state index is 12.5. The van der Waals surface area contributed by atoms with Gasteiger partial charge in [0.15, 0.2) is 5.16 Å². The van der Waals surface area contributed by atoms with E-state index in [1.807, 2.05) is 45.0 Å². The summed E-state index contributed by atoms with van der Waals surface area (Å²) in [4.78, 5) is 20.3. The summed E-state index contributed by atoms with van der Waals surface area (Å²) in [5.74, 6) is -0.0180. The van der Waals surface area contributed by atoms with E-state index in [9.17, 15) is 4.79 Å².